The molecule has 0 aromatic carbocycles. The smallest absolute Gasteiger partial charge is 0.333 e. The van der Waals surface area contributed by atoms with Crippen molar-refractivity contribution >= 4 is 12.2 Å². The highest BCUT2D eigenvalue weighted by molar-refractivity contribution is 5.77. The van der Waals surface area contributed by atoms with Crippen LogP contribution in [0.2, 0.25) is 0 Å². The van der Waals surface area contributed by atoms with Gasteiger partial charge in [-0.05, 0) is 0 Å². The van der Waals surface area contributed by atoms with Crippen molar-refractivity contribution in [3.63, 3.8) is 0 Å². The lowest BCUT2D eigenvalue weighted by Gasteiger charge is -2.07. The molecule has 4 heteroatoms. The summed E-state index contributed by atoms with van der Waals surface area (Å²) in [6.45, 7) is 1.46. The molecular formula is C5H9NO3. The number of carbonyl (C=O) groups is 1. The van der Waals surface area contributed by atoms with Gasteiger partial charge in [-0.3, -0.25) is 0 Å². The van der Waals surface area contributed by atoms with Gasteiger partial charge in [0, 0.05) is 12.1 Å². The standard InChI is InChI=1S/C5H9NO3/c1-3(2-6)4(7)5(8)9/h2-4,6-7H,1H3,(H,8,9). The van der Waals surface area contributed by atoms with Crippen molar-refractivity contribution < 1.29 is 15.0 Å². The number of aliphatic carboxylic acids is 1. The number of rotatable bonds is 3. The maximum absolute atomic E-state index is 9.95. The van der Waals surface area contributed by atoms with E-state index in [-0.39, 0.29) is 0 Å². The van der Waals surface area contributed by atoms with Gasteiger partial charge in [-0.25, -0.2) is 4.79 Å². The summed E-state index contributed by atoms with van der Waals surface area (Å²) >= 11 is 0. The molecule has 0 saturated heterocycles. The molecule has 0 aliphatic heterocycles. The summed E-state index contributed by atoms with van der Waals surface area (Å²) in [5.41, 5.74) is 0. The van der Waals surface area contributed by atoms with E-state index in [4.69, 9.17) is 15.6 Å². The van der Waals surface area contributed by atoms with Crippen LogP contribution in [-0.2, 0) is 4.79 Å². The van der Waals surface area contributed by atoms with E-state index >= 15 is 0 Å². The molecule has 0 heterocycles. The van der Waals surface area contributed by atoms with Crippen LogP contribution in [-0.4, -0.2) is 28.5 Å². The van der Waals surface area contributed by atoms with Gasteiger partial charge in [-0.15, -0.1) is 0 Å². The molecule has 0 aromatic heterocycles. The SMILES string of the molecule is CC(C=N)C(O)C(=O)O. The Hall–Kier alpha value is -0.900. The molecule has 52 valence electrons. The van der Waals surface area contributed by atoms with Crippen LogP contribution in [0.3, 0.4) is 0 Å². The third-order valence-electron chi connectivity index (χ3n) is 1.01. The van der Waals surface area contributed by atoms with Gasteiger partial charge in [0.15, 0.2) is 6.10 Å². The maximum atomic E-state index is 9.95. The summed E-state index contributed by atoms with van der Waals surface area (Å²) in [5.74, 6) is -1.89. The summed E-state index contributed by atoms with van der Waals surface area (Å²) in [4.78, 5) is 9.95. The Morgan fingerprint density at radius 1 is 1.78 bits per heavy atom. The quantitative estimate of drug-likeness (QED) is 0.460. The second-order valence-corrected chi connectivity index (χ2v) is 1.81. The minimum atomic E-state index is -1.44. The van der Waals surface area contributed by atoms with Crippen molar-refractivity contribution in [3.8, 4) is 0 Å². The fourth-order valence-electron chi connectivity index (χ4n) is 0.316. The van der Waals surface area contributed by atoms with Crippen molar-refractivity contribution in [2.24, 2.45) is 5.92 Å². The van der Waals surface area contributed by atoms with Crippen LogP contribution in [0.1, 0.15) is 6.92 Å². The largest absolute Gasteiger partial charge is 0.479 e. The van der Waals surface area contributed by atoms with E-state index in [9.17, 15) is 4.79 Å². The molecule has 4 nitrogen and oxygen atoms in total. The molecule has 0 aromatic rings. The fraction of sp³-hybridized carbons (Fsp3) is 0.600. The van der Waals surface area contributed by atoms with E-state index in [1.54, 1.807) is 0 Å². The average Bonchev–Trinajstić information content (AvgIpc) is 1.84. The lowest BCUT2D eigenvalue weighted by Crippen LogP contribution is -2.27. The van der Waals surface area contributed by atoms with Gasteiger partial charge >= 0.3 is 5.97 Å². The minimum absolute atomic E-state index is 0.609. The molecule has 0 aliphatic carbocycles. The van der Waals surface area contributed by atoms with E-state index in [1.807, 2.05) is 0 Å². The van der Waals surface area contributed by atoms with Crippen molar-refractivity contribution in [3.05, 3.63) is 0 Å². The molecule has 9 heavy (non-hydrogen) atoms. The van der Waals surface area contributed by atoms with Gasteiger partial charge in [0.25, 0.3) is 0 Å². The molecule has 0 rings (SSSR count). The number of aliphatic hydroxyl groups is 1. The van der Waals surface area contributed by atoms with Crippen LogP contribution in [0, 0.1) is 11.3 Å². The second-order valence-electron chi connectivity index (χ2n) is 1.81. The predicted octanol–water partition coefficient (Wildman–Crippen LogP) is -0.282. The highest BCUT2D eigenvalue weighted by Gasteiger charge is 2.18. The van der Waals surface area contributed by atoms with Crippen LogP contribution in [0.4, 0.5) is 0 Å². The van der Waals surface area contributed by atoms with E-state index in [2.05, 4.69) is 0 Å². The van der Waals surface area contributed by atoms with E-state index < -0.39 is 18.0 Å². The molecule has 0 bridgehead atoms. The van der Waals surface area contributed by atoms with Gasteiger partial charge in [0.1, 0.15) is 0 Å². The number of hydrogen-bond acceptors (Lipinski definition) is 3. The number of carboxylic acid groups (broad SMARTS) is 1. The van der Waals surface area contributed by atoms with Crippen LogP contribution in [0.25, 0.3) is 0 Å². The molecule has 0 spiro atoms. The molecule has 2 unspecified atom stereocenters. The van der Waals surface area contributed by atoms with Gasteiger partial charge in [0.05, 0.1) is 0 Å². The lowest BCUT2D eigenvalue weighted by atomic mass is 10.1. The third-order valence-corrected chi connectivity index (χ3v) is 1.01. The molecule has 0 radical (unpaired) electrons. The van der Waals surface area contributed by atoms with Crippen molar-refractivity contribution in [2.45, 2.75) is 13.0 Å². The number of hydrogen-bond donors (Lipinski definition) is 3. The molecular weight excluding hydrogens is 122 g/mol. The first-order chi connectivity index (χ1) is 4.09. The van der Waals surface area contributed by atoms with E-state index in [0.717, 1.165) is 6.21 Å². The summed E-state index contributed by atoms with van der Waals surface area (Å²) in [7, 11) is 0. The molecule has 3 N–H and O–H groups in total. The Labute approximate surface area is 52.6 Å². The van der Waals surface area contributed by atoms with Crippen LogP contribution in [0.15, 0.2) is 0 Å². The summed E-state index contributed by atoms with van der Waals surface area (Å²) in [5, 5.41) is 23.4. The van der Waals surface area contributed by atoms with Gasteiger partial charge < -0.3 is 15.6 Å². The molecule has 0 saturated carbocycles. The molecule has 0 amide bonds. The van der Waals surface area contributed by atoms with Crippen molar-refractivity contribution in [2.75, 3.05) is 0 Å². The third kappa shape index (κ3) is 2.23. The summed E-state index contributed by atoms with van der Waals surface area (Å²) in [6, 6.07) is 0. The van der Waals surface area contributed by atoms with Crippen molar-refractivity contribution in [1.82, 2.24) is 0 Å². The highest BCUT2D eigenvalue weighted by Crippen LogP contribution is 1.97. The van der Waals surface area contributed by atoms with Crippen LogP contribution in [0.5, 0.6) is 0 Å². The van der Waals surface area contributed by atoms with Crippen LogP contribution < -0.4 is 0 Å². The van der Waals surface area contributed by atoms with Crippen LogP contribution >= 0.6 is 0 Å². The maximum Gasteiger partial charge on any atom is 0.333 e. The lowest BCUT2D eigenvalue weighted by molar-refractivity contribution is -0.147. The first-order valence-electron chi connectivity index (χ1n) is 2.51. The molecule has 0 fully saturated rings. The monoisotopic (exact) mass is 131 g/mol. The Morgan fingerprint density at radius 2 is 2.22 bits per heavy atom. The topological polar surface area (TPSA) is 81.4 Å². The second kappa shape index (κ2) is 3.19. The fourth-order valence-corrected chi connectivity index (χ4v) is 0.316. The first-order valence-corrected chi connectivity index (χ1v) is 2.51. The summed E-state index contributed by atoms with van der Waals surface area (Å²) < 4.78 is 0. The Kier molecular flexibility index (Phi) is 2.87. The van der Waals surface area contributed by atoms with Gasteiger partial charge in [0.2, 0.25) is 0 Å². The number of aliphatic hydroxyl groups excluding tert-OH is 1. The Bertz CT molecular complexity index is 123. The minimum Gasteiger partial charge on any atom is -0.479 e. The average molecular weight is 131 g/mol. The van der Waals surface area contributed by atoms with Gasteiger partial charge in [-0.1, -0.05) is 6.92 Å². The van der Waals surface area contributed by atoms with Crippen molar-refractivity contribution in [1.29, 1.82) is 5.41 Å². The van der Waals surface area contributed by atoms with E-state index in [1.165, 1.54) is 6.92 Å². The molecule has 0 aliphatic rings. The zero-order chi connectivity index (χ0) is 7.44. The zero-order valence-electron chi connectivity index (χ0n) is 5.03. The zero-order valence-corrected chi connectivity index (χ0v) is 5.03. The number of nitrogens with one attached hydrogen (secondary N) is 1. The number of carboxylic acids is 1. The highest BCUT2D eigenvalue weighted by atomic mass is 16.4. The van der Waals surface area contributed by atoms with E-state index in [0.29, 0.717) is 0 Å². The normalized spacial score (nSPS) is 16.2. The predicted molar refractivity (Wildman–Crippen MR) is 31.6 cm³/mol. The van der Waals surface area contributed by atoms with Gasteiger partial charge in [-0.2, -0.15) is 0 Å². The summed E-state index contributed by atoms with van der Waals surface area (Å²) in [6.07, 6.45) is -0.541. The Balaban J connectivity index is 3.86. The first kappa shape index (κ1) is 8.10. The molecule has 2 atom stereocenters. The Morgan fingerprint density at radius 3 is 2.33 bits per heavy atom.